The Balaban J connectivity index is 1.48. The van der Waals surface area contributed by atoms with E-state index < -0.39 is 0 Å². The first-order valence-corrected chi connectivity index (χ1v) is 9.46. The highest BCUT2D eigenvalue weighted by molar-refractivity contribution is 6.42. The van der Waals surface area contributed by atoms with Gasteiger partial charge in [-0.15, -0.1) is 0 Å². The number of piperidine rings is 1. The third-order valence-electron chi connectivity index (χ3n) is 4.64. The molecule has 0 radical (unpaired) electrons. The summed E-state index contributed by atoms with van der Waals surface area (Å²) in [5.41, 5.74) is 8.33. The molecule has 0 saturated carbocycles. The van der Waals surface area contributed by atoms with Crippen molar-refractivity contribution in [2.24, 2.45) is 5.73 Å². The zero-order valence-corrected chi connectivity index (χ0v) is 16.0. The van der Waals surface area contributed by atoms with E-state index in [4.69, 9.17) is 33.7 Å². The minimum atomic E-state index is 0.0662. The minimum absolute atomic E-state index is 0.0662. The zero-order chi connectivity index (χ0) is 18.5. The molecule has 0 bridgehead atoms. The molecule has 2 N–H and O–H groups in total. The summed E-state index contributed by atoms with van der Waals surface area (Å²) in [7, 11) is 0. The average Bonchev–Trinajstić information content (AvgIpc) is 2.69. The number of carbonyl (C=O) groups is 1. The summed E-state index contributed by atoms with van der Waals surface area (Å²) in [4.78, 5) is 14.5. The molecule has 0 aromatic heterocycles. The Morgan fingerprint density at radius 2 is 1.69 bits per heavy atom. The van der Waals surface area contributed by atoms with Crippen LogP contribution in [0.2, 0.25) is 10.0 Å². The third kappa shape index (κ3) is 4.77. The van der Waals surface area contributed by atoms with Crippen LogP contribution in [-0.2, 0) is 17.9 Å². The summed E-state index contributed by atoms with van der Waals surface area (Å²) in [5.74, 6) is 0.0662. The Hall–Kier alpha value is -1.59. The van der Waals surface area contributed by atoms with Gasteiger partial charge in [-0.05, 0) is 48.2 Å². The van der Waals surface area contributed by atoms with E-state index in [9.17, 15) is 4.79 Å². The average molecular weight is 393 g/mol. The van der Waals surface area contributed by atoms with Crippen molar-refractivity contribution in [3.05, 3.63) is 69.2 Å². The number of hydrogen-bond donors (Lipinski definition) is 1. The van der Waals surface area contributed by atoms with Crippen LogP contribution in [0.15, 0.2) is 42.5 Å². The second kappa shape index (κ2) is 8.87. The second-order valence-electron chi connectivity index (χ2n) is 6.45. The lowest BCUT2D eigenvalue weighted by molar-refractivity contribution is -0.000377. The summed E-state index contributed by atoms with van der Waals surface area (Å²) in [6.07, 6.45) is 1.80. The molecule has 1 fully saturated rings. The molecule has 1 saturated heterocycles. The Labute approximate surface area is 163 Å². The molecule has 2 aromatic carbocycles. The van der Waals surface area contributed by atoms with Crippen molar-refractivity contribution >= 4 is 29.1 Å². The maximum absolute atomic E-state index is 12.6. The Morgan fingerprint density at radius 1 is 1.04 bits per heavy atom. The molecule has 0 spiro atoms. The van der Waals surface area contributed by atoms with Crippen LogP contribution in [0.25, 0.3) is 0 Å². The molecule has 1 amide bonds. The van der Waals surface area contributed by atoms with E-state index in [1.54, 1.807) is 6.07 Å². The summed E-state index contributed by atoms with van der Waals surface area (Å²) >= 11 is 12.0. The quantitative estimate of drug-likeness (QED) is 0.825. The fourth-order valence-electron chi connectivity index (χ4n) is 3.04. The van der Waals surface area contributed by atoms with E-state index in [-0.39, 0.29) is 12.0 Å². The molecular formula is C20H22Cl2N2O2. The Morgan fingerprint density at radius 3 is 2.31 bits per heavy atom. The lowest BCUT2D eigenvalue weighted by Gasteiger charge is -2.32. The van der Waals surface area contributed by atoms with Gasteiger partial charge in [-0.3, -0.25) is 4.79 Å². The molecule has 2 aromatic rings. The monoisotopic (exact) mass is 392 g/mol. The summed E-state index contributed by atoms with van der Waals surface area (Å²) < 4.78 is 5.97. The fraction of sp³-hybridized carbons (Fsp3) is 0.350. The number of carbonyl (C=O) groups excluding carboxylic acids is 1. The highest BCUT2D eigenvalue weighted by Crippen LogP contribution is 2.24. The molecule has 0 atom stereocenters. The predicted octanol–water partition coefficient (Wildman–Crippen LogP) is 4.27. The first-order valence-electron chi connectivity index (χ1n) is 8.70. The van der Waals surface area contributed by atoms with Gasteiger partial charge in [0.25, 0.3) is 5.91 Å². The van der Waals surface area contributed by atoms with Gasteiger partial charge >= 0.3 is 0 Å². The number of ether oxygens (including phenoxy) is 1. The van der Waals surface area contributed by atoms with Crippen LogP contribution in [-0.4, -0.2) is 30.0 Å². The van der Waals surface area contributed by atoms with Crippen LogP contribution in [0.3, 0.4) is 0 Å². The number of nitrogens with zero attached hydrogens (tertiary/aromatic N) is 1. The van der Waals surface area contributed by atoms with Gasteiger partial charge in [0.2, 0.25) is 0 Å². The second-order valence-corrected chi connectivity index (χ2v) is 7.27. The number of nitrogens with two attached hydrogens (primary N) is 1. The normalized spacial score (nSPS) is 15.3. The number of amides is 1. The van der Waals surface area contributed by atoms with Crippen molar-refractivity contribution < 1.29 is 9.53 Å². The summed E-state index contributed by atoms with van der Waals surface area (Å²) in [5, 5.41) is 1.08. The molecule has 1 aliphatic heterocycles. The molecule has 0 aliphatic carbocycles. The van der Waals surface area contributed by atoms with Crippen LogP contribution in [0.4, 0.5) is 0 Å². The number of hydrogen-bond acceptors (Lipinski definition) is 3. The van der Waals surface area contributed by atoms with E-state index in [0.717, 1.165) is 24.0 Å². The van der Waals surface area contributed by atoms with Gasteiger partial charge in [0.05, 0.1) is 22.8 Å². The van der Waals surface area contributed by atoms with Gasteiger partial charge in [0.15, 0.2) is 0 Å². The van der Waals surface area contributed by atoms with Crippen molar-refractivity contribution in [3.63, 3.8) is 0 Å². The molecule has 3 rings (SSSR count). The van der Waals surface area contributed by atoms with E-state index in [1.807, 2.05) is 41.3 Å². The van der Waals surface area contributed by atoms with Crippen LogP contribution in [0, 0.1) is 0 Å². The van der Waals surface area contributed by atoms with Crippen molar-refractivity contribution in [2.75, 3.05) is 13.1 Å². The standard InChI is InChI=1S/C20H22Cl2N2O2/c21-18-6-3-15(11-19(18)22)13-26-17-7-9-24(10-8-17)20(25)16-4-1-14(12-23)2-5-16/h1-6,11,17H,7-10,12-13,23H2. The van der Waals surface area contributed by atoms with Gasteiger partial charge in [0.1, 0.15) is 0 Å². The molecule has 26 heavy (non-hydrogen) atoms. The third-order valence-corrected chi connectivity index (χ3v) is 5.37. The maximum atomic E-state index is 12.6. The van der Waals surface area contributed by atoms with E-state index in [2.05, 4.69) is 0 Å². The largest absolute Gasteiger partial charge is 0.373 e. The van der Waals surface area contributed by atoms with E-state index in [1.165, 1.54) is 0 Å². The van der Waals surface area contributed by atoms with Crippen molar-refractivity contribution in [3.8, 4) is 0 Å². The zero-order valence-electron chi connectivity index (χ0n) is 14.5. The number of benzene rings is 2. The lowest BCUT2D eigenvalue weighted by Crippen LogP contribution is -2.40. The number of halogens is 2. The van der Waals surface area contributed by atoms with E-state index in [0.29, 0.717) is 41.8 Å². The molecule has 0 unspecified atom stereocenters. The molecule has 1 heterocycles. The predicted molar refractivity (Wildman–Crippen MR) is 105 cm³/mol. The molecule has 6 heteroatoms. The van der Waals surface area contributed by atoms with Gasteiger partial charge in [-0.1, -0.05) is 41.4 Å². The summed E-state index contributed by atoms with van der Waals surface area (Å²) in [6, 6.07) is 13.0. The van der Waals surface area contributed by atoms with Gasteiger partial charge in [0, 0.05) is 25.2 Å². The van der Waals surface area contributed by atoms with Gasteiger partial charge in [-0.2, -0.15) is 0 Å². The van der Waals surface area contributed by atoms with Crippen molar-refractivity contribution in [1.29, 1.82) is 0 Å². The molecule has 4 nitrogen and oxygen atoms in total. The Bertz CT molecular complexity index is 757. The highest BCUT2D eigenvalue weighted by Gasteiger charge is 2.24. The smallest absolute Gasteiger partial charge is 0.253 e. The van der Waals surface area contributed by atoms with Crippen LogP contribution in [0.5, 0.6) is 0 Å². The number of likely N-dealkylation sites (tertiary alicyclic amines) is 1. The molecule has 138 valence electrons. The topological polar surface area (TPSA) is 55.6 Å². The Kier molecular flexibility index (Phi) is 6.54. The first-order chi connectivity index (χ1) is 12.6. The fourth-order valence-corrected chi connectivity index (χ4v) is 3.36. The van der Waals surface area contributed by atoms with Gasteiger partial charge < -0.3 is 15.4 Å². The highest BCUT2D eigenvalue weighted by atomic mass is 35.5. The van der Waals surface area contributed by atoms with Crippen LogP contribution in [0.1, 0.15) is 34.3 Å². The minimum Gasteiger partial charge on any atom is -0.373 e. The van der Waals surface area contributed by atoms with Crippen molar-refractivity contribution in [1.82, 2.24) is 4.90 Å². The first kappa shape index (κ1) is 19.2. The lowest BCUT2D eigenvalue weighted by atomic mass is 10.1. The van der Waals surface area contributed by atoms with E-state index >= 15 is 0 Å². The SMILES string of the molecule is NCc1ccc(C(=O)N2CCC(OCc3ccc(Cl)c(Cl)c3)CC2)cc1. The van der Waals surface area contributed by atoms with Crippen molar-refractivity contribution in [2.45, 2.75) is 32.1 Å². The molecule has 1 aliphatic rings. The molecular weight excluding hydrogens is 371 g/mol. The maximum Gasteiger partial charge on any atom is 0.253 e. The number of rotatable bonds is 5. The van der Waals surface area contributed by atoms with Gasteiger partial charge in [-0.25, -0.2) is 0 Å². The van der Waals surface area contributed by atoms with Crippen LogP contribution >= 0.6 is 23.2 Å². The summed E-state index contributed by atoms with van der Waals surface area (Å²) in [6.45, 7) is 2.37. The van der Waals surface area contributed by atoms with Crippen LogP contribution < -0.4 is 5.73 Å².